The van der Waals surface area contributed by atoms with Crippen LogP contribution in [-0.2, 0) is 11.3 Å². The molecule has 2 N–H and O–H groups in total. The topological polar surface area (TPSA) is 59.2 Å². The molecule has 1 rings (SSSR count). The fourth-order valence-corrected chi connectivity index (χ4v) is 1.46. The van der Waals surface area contributed by atoms with E-state index in [0.29, 0.717) is 6.54 Å². The molecular weight excluding hydrogens is 202 g/mol. The average molecular weight is 221 g/mol. The van der Waals surface area contributed by atoms with Gasteiger partial charge in [-0.05, 0) is 32.4 Å². The van der Waals surface area contributed by atoms with Crippen molar-refractivity contribution in [2.45, 2.75) is 39.4 Å². The van der Waals surface area contributed by atoms with Gasteiger partial charge < -0.3 is 10.6 Å². The molecule has 0 aromatic carbocycles. The van der Waals surface area contributed by atoms with Crippen LogP contribution in [0.1, 0.15) is 26.3 Å². The van der Waals surface area contributed by atoms with Gasteiger partial charge >= 0.3 is 0 Å². The van der Waals surface area contributed by atoms with Gasteiger partial charge in [0, 0.05) is 25.0 Å². The number of aromatic nitrogens is 1. The molecule has 1 aromatic rings. The second-order valence-corrected chi connectivity index (χ2v) is 4.21. The smallest absolute Gasteiger partial charge is 0.239 e. The number of hydrogen-bond donors (Lipinski definition) is 1. The minimum atomic E-state index is -0.459. The normalized spacial score (nSPS) is 12.6. The third kappa shape index (κ3) is 3.31. The summed E-state index contributed by atoms with van der Waals surface area (Å²) >= 11 is 0. The third-order valence-electron chi connectivity index (χ3n) is 2.37. The number of pyridine rings is 1. The molecule has 0 radical (unpaired) electrons. The molecule has 1 atom stereocenters. The van der Waals surface area contributed by atoms with Crippen molar-refractivity contribution in [2.75, 3.05) is 0 Å². The summed E-state index contributed by atoms with van der Waals surface area (Å²) in [5.41, 5.74) is 6.64. The Morgan fingerprint density at radius 1 is 1.50 bits per heavy atom. The minimum absolute atomic E-state index is 0.0288. The molecule has 16 heavy (non-hydrogen) atoms. The Labute approximate surface area is 96.5 Å². The maximum absolute atomic E-state index is 11.9. The van der Waals surface area contributed by atoms with Crippen molar-refractivity contribution < 1.29 is 4.79 Å². The van der Waals surface area contributed by atoms with Crippen LogP contribution in [0.25, 0.3) is 0 Å². The van der Waals surface area contributed by atoms with Crippen LogP contribution in [0.15, 0.2) is 24.5 Å². The molecule has 0 fully saturated rings. The number of nitrogens with two attached hydrogens (primary N) is 1. The Balaban J connectivity index is 2.77. The lowest BCUT2D eigenvalue weighted by molar-refractivity contribution is -0.134. The van der Waals surface area contributed by atoms with Gasteiger partial charge in [-0.25, -0.2) is 0 Å². The van der Waals surface area contributed by atoms with Crippen molar-refractivity contribution in [1.29, 1.82) is 0 Å². The van der Waals surface area contributed by atoms with E-state index >= 15 is 0 Å². The molecule has 0 aliphatic rings. The number of hydrogen-bond acceptors (Lipinski definition) is 3. The quantitative estimate of drug-likeness (QED) is 0.830. The number of carbonyl (C=O) groups is 1. The van der Waals surface area contributed by atoms with Crippen LogP contribution < -0.4 is 5.73 Å². The largest absolute Gasteiger partial charge is 0.335 e. The second kappa shape index (κ2) is 5.61. The van der Waals surface area contributed by atoms with Crippen LogP contribution in [-0.4, -0.2) is 27.9 Å². The van der Waals surface area contributed by atoms with Gasteiger partial charge in [0.1, 0.15) is 0 Å². The minimum Gasteiger partial charge on any atom is -0.335 e. The van der Waals surface area contributed by atoms with E-state index < -0.39 is 6.04 Å². The predicted molar refractivity (Wildman–Crippen MR) is 63.6 cm³/mol. The molecule has 0 aliphatic heterocycles. The molecular formula is C12H19N3O. The first-order valence-corrected chi connectivity index (χ1v) is 5.47. The van der Waals surface area contributed by atoms with Crippen LogP contribution in [0, 0.1) is 0 Å². The third-order valence-corrected chi connectivity index (χ3v) is 2.37. The summed E-state index contributed by atoms with van der Waals surface area (Å²) in [6.45, 7) is 6.24. The molecule has 1 heterocycles. The van der Waals surface area contributed by atoms with E-state index in [-0.39, 0.29) is 11.9 Å². The zero-order valence-corrected chi connectivity index (χ0v) is 10.1. The van der Waals surface area contributed by atoms with Crippen LogP contribution >= 0.6 is 0 Å². The first kappa shape index (κ1) is 12.6. The number of nitrogens with zero attached hydrogens (tertiary/aromatic N) is 2. The van der Waals surface area contributed by atoms with Gasteiger partial charge in [-0.2, -0.15) is 0 Å². The Morgan fingerprint density at radius 3 is 2.62 bits per heavy atom. The lowest BCUT2D eigenvalue weighted by Crippen LogP contribution is -2.45. The molecule has 0 unspecified atom stereocenters. The van der Waals surface area contributed by atoms with Crippen LogP contribution in [0.4, 0.5) is 0 Å². The first-order valence-electron chi connectivity index (χ1n) is 5.47. The van der Waals surface area contributed by atoms with Gasteiger partial charge in [0.2, 0.25) is 5.91 Å². The molecule has 1 aromatic heterocycles. The Kier molecular flexibility index (Phi) is 4.43. The van der Waals surface area contributed by atoms with Gasteiger partial charge in [0.25, 0.3) is 0 Å². The summed E-state index contributed by atoms with van der Waals surface area (Å²) in [5.74, 6) is -0.0288. The van der Waals surface area contributed by atoms with Gasteiger partial charge in [0.05, 0.1) is 6.04 Å². The van der Waals surface area contributed by atoms with Crippen molar-refractivity contribution in [3.63, 3.8) is 0 Å². The molecule has 88 valence electrons. The van der Waals surface area contributed by atoms with E-state index in [1.54, 1.807) is 24.2 Å². The highest BCUT2D eigenvalue weighted by molar-refractivity contribution is 5.81. The molecule has 0 spiro atoms. The number of rotatable bonds is 4. The molecule has 0 bridgehead atoms. The summed E-state index contributed by atoms with van der Waals surface area (Å²) in [7, 11) is 0. The Bertz CT molecular complexity index is 335. The fraction of sp³-hybridized carbons (Fsp3) is 0.500. The maximum atomic E-state index is 11.9. The summed E-state index contributed by atoms with van der Waals surface area (Å²) in [6.07, 6.45) is 3.49. The SMILES string of the molecule is CC(C)N(Cc1cccnc1)C(=O)[C@@H](C)N. The zero-order chi connectivity index (χ0) is 12.1. The molecule has 0 aliphatic carbocycles. The summed E-state index contributed by atoms with van der Waals surface area (Å²) in [4.78, 5) is 17.7. The highest BCUT2D eigenvalue weighted by atomic mass is 16.2. The zero-order valence-electron chi connectivity index (χ0n) is 10.1. The molecule has 1 amide bonds. The van der Waals surface area contributed by atoms with Crippen LogP contribution in [0.2, 0.25) is 0 Å². The molecule has 4 heteroatoms. The van der Waals surface area contributed by atoms with E-state index in [1.807, 2.05) is 26.0 Å². The number of carbonyl (C=O) groups excluding carboxylic acids is 1. The standard InChI is InChI=1S/C12H19N3O/c1-9(2)15(12(16)10(3)13)8-11-5-4-6-14-7-11/h4-7,9-10H,8,13H2,1-3H3/t10-/m1/s1. The monoisotopic (exact) mass is 221 g/mol. The maximum Gasteiger partial charge on any atom is 0.239 e. The highest BCUT2D eigenvalue weighted by Gasteiger charge is 2.20. The highest BCUT2D eigenvalue weighted by Crippen LogP contribution is 2.08. The predicted octanol–water partition coefficient (Wildman–Crippen LogP) is 1.17. The second-order valence-electron chi connectivity index (χ2n) is 4.21. The summed E-state index contributed by atoms with van der Waals surface area (Å²) in [6, 6.07) is 3.50. The van der Waals surface area contributed by atoms with E-state index in [0.717, 1.165) is 5.56 Å². The van der Waals surface area contributed by atoms with E-state index in [4.69, 9.17) is 5.73 Å². The van der Waals surface area contributed by atoms with E-state index in [1.165, 1.54) is 0 Å². The van der Waals surface area contributed by atoms with Gasteiger partial charge in [-0.3, -0.25) is 9.78 Å². The first-order chi connectivity index (χ1) is 7.52. The summed E-state index contributed by atoms with van der Waals surface area (Å²) < 4.78 is 0. The van der Waals surface area contributed by atoms with Gasteiger partial charge in [-0.15, -0.1) is 0 Å². The fourth-order valence-electron chi connectivity index (χ4n) is 1.46. The lowest BCUT2D eigenvalue weighted by atomic mass is 10.2. The van der Waals surface area contributed by atoms with E-state index in [2.05, 4.69) is 4.98 Å². The average Bonchev–Trinajstić information content (AvgIpc) is 2.26. The van der Waals surface area contributed by atoms with Crippen molar-refractivity contribution in [2.24, 2.45) is 5.73 Å². The lowest BCUT2D eigenvalue weighted by Gasteiger charge is -2.28. The summed E-state index contributed by atoms with van der Waals surface area (Å²) in [5, 5.41) is 0. The van der Waals surface area contributed by atoms with Crippen molar-refractivity contribution >= 4 is 5.91 Å². The molecule has 0 saturated heterocycles. The Hall–Kier alpha value is -1.42. The molecule has 0 saturated carbocycles. The van der Waals surface area contributed by atoms with Crippen molar-refractivity contribution in [3.8, 4) is 0 Å². The van der Waals surface area contributed by atoms with Crippen LogP contribution in [0.3, 0.4) is 0 Å². The van der Waals surface area contributed by atoms with Crippen molar-refractivity contribution in [1.82, 2.24) is 9.88 Å². The van der Waals surface area contributed by atoms with Crippen molar-refractivity contribution in [3.05, 3.63) is 30.1 Å². The molecule has 4 nitrogen and oxygen atoms in total. The Morgan fingerprint density at radius 2 is 2.19 bits per heavy atom. The van der Waals surface area contributed by atoms with Crippen LogP contribution in [0.5, 0.6) is 0 Å². The van der Waals surface area contributed by atoms with E-state index in [9.17, 15) is 4.79 Å². The van der Waals surface area contributed by atoms with Gasteiger partial charge in [0.15, 0.2) is 0 Å². The van der Waals surface area contributed by atoms with Gasteiger partial charge in [-0.1, -0.05) is 6.07 Å². The number of amides is 1.